The van der Waals surface area contributed by atoms with Crippen LogP contribution in [0.25, 0.3) is 5.52 Å². The summed E-state index contributed by atoms with van der Waals surface area (Å²) in [6.45, 7) is 0. The van der Waals surface area contributed by atoms with Gasteiger partial charge in [0, 0.05) is 6.20 Å². The van der Waals surface area contributed by atoms with Crippen LogP contribution in [-0.4, -0.2) is 15.9 Å². The molecule has 3 heteroatoms. The molecular weight excluding hydrogens is 156 g/mol. The number of aromatic nitrogens is 2. The van der Waals surface area contributed by atoms with Crippen molar-refractivity contribution < 1.29 is 0 Å². The van der Waals surface area contributed by atoms with Crippen molar-refractivity contribution in [3.63, 3.8) is 0 Å². The average Bonchev–Trinajstić information content (AvgIpc) is 2.47. The van der Waals surface area contributed by atoms with Gasteiger partial charge in [-0.1, -0.05) is 6.07 Å². The summed E-state index contributed by atoms with van der Waals surface area (Å²) in [4.78, 5) is 1.23. The smallest absolute Gasteiger partial charge is 0.0797 e. The summed E-state index contributed by atoms with van der Waals surface area (Å²) in [5, 5.41) is 4.19. The lowest BCUT2D eigenvalue weighted by Crippen LogP contribution is -1.82. The third-order valence-electron chi connectivity index (χ3n) is 1.61. The first-order valence-electron chi connectivity index (χ1n) is 3.38. The molecule has 0 spiro atoms. The molecule has 2 rings (SSSR count). The van der Waals surface area contributed by atoms with Gasteiger partial charge in [-0.2, -0.15) is 5.10 Å². The predicted molar refractivity (Wildman–Crippen MR) is 47.0 cm³/mol. The molecule has 0 aliphatic rings. The molecule has 0 saturated carbocycles. The van der Waals surface area contributed by atoms with Gasteiger partial charge < -0.3 is 0 Å². The lowest BCUT2D eigenvalue weighted by Gasteiger charge is -1.91. The molecule has 2 heterocycles. The Bertz CT molecular complexity index is 367. The quantitative estimate of drug-likeness (QED) is 0.600. The van der Waals surface area contributed by atoms with Gasteiger partial charge in [0.05, 0.1) is 16.6 Å². The van der Waals surface area contributed by atoms with Crippen LogP contribution in [0.4, 0.5) is 0 Å². The first kappa shape index (κ1) is 6.73. The SMILES string of the molecule is CSc1cnn2ccccc12. The zero-order chi connectivity index (χ0) is 7.68. The second-order valence-electron chi connectivity index (χ2n) is 2.24. The first-order chi connectivity index (χ1) is 5.42. The summed E-state index contributed by atoms with van der Waals surface area (Å²) < 4.78 is 1.88. The number of thioether (sulfide) groups is 1. The van der Waals surface area contributed by atoms with Gasteiger partial charge in [-0.25, -0.2) is 4.52 Å². The molecule has 2 nitrogen and oxygen atoms in total. The first-order valence-corrected chi connectivity index (χ1v) is 4.60. The highest BCUT2D eigenvalue weighted by atomic mass is 32.2. The Kier molecular flexibility index (Phi) is 1.58. The van der Waals surface area contributed by atoms with E-state index in [0.29, 0.717) is 0 Å². The van der Waals surface area contributed by atoms with Gasteiger partial charge in [-0.05, 0) is 18.4 Å². The minimum atomic E-state index is 1.18. The summed E-state index contributed by atoms with van der Waals surface area (Å²) in [5.41, 5.74) is 1.18. The van der Waals surface area contributed by atoms with Crippen LogP contribution in [-0.2, 0) is 0 Å². The fourth-order valence-corrected chi connectivity index (χ4v) is 1.59. The molecule has 2 aromatic heterocycles. The number of hydrogen-bond donors (Lipinski definition) is 0. The van der Waals surface area contributed by atoms with Crippen LogP contribution in [0.1, 0.15) is 0 Å². The maximum Gasteiger partial charge on any atom is 0.0797 e. The highest BCUT2D eigenvalue weighted by molar-refractivity contribution is 7.98. The topological polar surface area (TPSA) is 17.3 Å². The number of pyridine rings is 1. The summed E-state index contributed by atoms with van der Waals surface area (Å²) in [6.07, 6.45) is 5.90. The Hall–Kier alpha value is -0.960. The van der Waals surface area contributed by atoms with E-state index in [4.69, 9.17) is 0 Å². The van der Waals surface area contributed by atoms with Gasteiger partial charge in [0.25, 0.3) is 0 Å². The van der Waals surface area contributed by atoms with E-state index in [0.717, 1.165) is 0 Å². The lowest BCUT2D eigenvalue weighted by molar-refractivity contribution is 0.961. The number of rotatable bonds is 1. The minimum Gasteiger partial charge on any atom is -0.240 e. The Labute approximate surface area is 69.2 Å². The van der Waals surface area contributed by atoms with Gasteiger partial charge in [0.2, 0.25) is 0 Å². The van der Waals surface area contributed by atoms with Crippen molar-refractivity contribution in [1.82, 2.24) is 9.61 Å². The zero-order valence-electron chi connectivity index (χ0n) is 6.19. The van der Waals surface area contributed by atoms with Crippen molar-refractivity contribution in [2.75, 3.05) is 6.26 Å². The standard InChI is InChI=1S/C8H8N2S/c1-11-8-6-9-10-5-3-2-4-7(8)10/h2-6H,1H3. The van der Waals surface area contributed by atoms with Crippen molar-refractivity contribution in [3.8, 4) is 0 Å². The van der Waals surface area contributed by atoms with Crippen molar-refractivity contribution in [2.45, 2.75) is 4.90 Å². The third-order valence-corrected chi connectivity index (χ3v) is 2.37. The van der Waals surface area contributed by atoms with Crippen LogP contribution < -0.4 is 0 Å². The van der Waals surface area contributed by atoms with Gasteiger partial charge in [0.1, 0.15) is 0 Å². The Morgan fingerprint density at radius 3 is 3.18 bits per heavy atom. The summed E-state index contributed by atoms with van der Waals surface area (Å²) in [5.74, 6) is 0. The largest absolute Gasteiger partial charge is 0.240 e. The number of fused-ring (bicyclic) bond motifs is 1. The molecule has 0 aromatic carbocycles. The molecule has 0 aliphatic heterocycles. The maximum absolute atomic E-state index is 4.19. The van der Waals surface area contributed by atoms with Crippen molar-refractivity contribution in [2.24, 2.45) is 0 Å². The summed E-state index contributed by atoms with van der Waals surface area (Å²) >= 11 is 1.72. The van der Waals surface area contributed by atoms with Crippen LogP contribution in [0.2, 0.25) is 0 Å². The summed E-state index contributed by atoms with van der Waals surface area (Å²) in [6, 6.07) is 6.07. The molecule has 0 radical (unpaired) electrons. The van der Waals surface area contributed by atoms with Gasteiger partial charge in [-0.3, -0.25) is 0 Å². The average molecular weight is 164 g/mol. The Morgan fingerprint density at radius 2 is 2.36 bits per heavy atom. The van der Waals surface area contributed by atoms with E-state index in [1.165, 1.54) is 10.4 Å². The molecule has 2 aromatic rings. The third kappa shape index (κ3) is 1.01. The van der Waals surface area contributed by atoms with Crippen LogP contribution in [0.3, 0.4) is 0 Å². The number of nitrogens with zero attached hydrogens (tertiary/aromatic N) is 2. The molecule has 0 unspecified atom stereocenters. The second-order valence-corrected chi connectivity index (χ2v) is 3.09. The predicted octanol–water partition coefficient (Wildman–Crippen LogP) is 2.06. The normalized spacial score (nSPS) is 10.6. The Morgan fingerprint density at radius 1 is 1.45 bits per heavy atom. The van der Waals surface area contributed by atoms with E-state index in [-0.39, 0.29) is 0 Å². The molecule has 0 bridgehead atoms. The minimum absolute atomic E-state index is 1.18. The van der Waals surface area contributed by atoms with Gasteiger partial charge in [-0.15, -0.1) is 11.8 Å². The second kappa shape index (κ2) is 2.58. The molecule has 0 aliphatic carbocycles. The van der Waals surface area contributed by atoms with E-state index in [1.807, 2.05) is 29.0 Å². The van der Waals surface area contributed by atoms with Crippen LogP contribution in [0.5, 0.6) is 0 Å². The fourth-order valence-electron chi connectivity index (χ4n) is 1.07. The molecule has 11 heavy (non-hydrogen) atoms. The molecule has 0 amide bonds. The molecule has 0 saturated heterocycles. The zero-order valence-corrected chi connectivity index (χ0v) is 7.01. The summed E-state index contributed by atoms with van der Waals surface area (Å²) in [7, 11) is 0. The Balaban J connectivity index is 2.76. The van der Waals surface area contributed by atoms with E-state index in [9.17, 15) is 0 Å². The highest BCUT2D eigenvalue weighted by Crippen LogP contribution is 2.19. The molecular formula is C8H8N2S. The fraction of sp³-hybridized carbons (Fsp3) is 0.125. The van der Waals surface area contributed by atoms with E-state index in [2.05, 4.69) is 17.4 Å². The van der Waals surface area contributed by atoms with E-state index in [1.54, 1.807) is 11.8 Å². The van der Waals surface area contributed by atoms with Crippen LogP contribution in [0.15, 0.2) is 35.5 Å². The van der Waals surface area contributed by atoms with E-state index >= 15 is 0 Å². The number of hydrogen-bond acceptors (Lipinski definition) is 2. The molecule has 0 atom stereocenters. The maximum atomic E-state index is 4.19. The lowest BCUT2D eigenvalue weighted by atomic mass is 10.4. The van der Waals surface area contributed by atoms with Gasteiger partial charge in [0.15, 0.2) is 0 Å². The molecule has 0 fully saturated rings. The molecule has 56 valence electrons. The monoisotopic (exact) mass is 164 g/mol. The van der Waals surface area contributed by atoms with Crippen molar-refractivity contribution in [1.29, 1.82) is 0 Å². The molecule has 0 N–H and O–H groups in total. The van der Waals surface area contributed by atoms with Crippen LogP contribution >= 0.6 is 11.8 Å². The van der Waals surface area contributed by atoms with E-state index < -0.39 is 0 Å². The van der Waals surface area contributed by atoms with Crippen molar-refractivity contribution in [3.05, 3.63) is 30.6 Å². The van der Waals surface area contributed by atoms with Gasteiger partial charge >= 0.3 is 0 Å². The highest BCUT2D eigenvalue weighted by Gasteiger charge is 1.98. The van der Waals surface area contributed by atoms with Crippen molar-refractivity contribution >= 4 is 17.3 Å². The van der Waals surface area contributed by atoms with Crippen LogP contribution in [0, 0.1) is 0 Å².